The molecule has 0 spiro atoms. The second kappa shape index (κ2) is 6.41. The molecule has 0 bridgehead atoms. The molecule has 0 aromatic carbocycles. The van der Waals surface area contributed by atoms with Crippen LogP contribution in [-0.2, 0) is 9.53 Å². The van der Waals surface area contributed by atoms with E-state index in [4.69, 9.17) is 0 Å². The monoisotopic (exact) mass is 305 g/mol. The Labute approximate surface area is 128 Å². The lowest BCUT2D eigenvalue weighted by atomic mass is 10.2. The van der Waals surface area contributed by atoms with Gasteiger partial charge >= 0.3 is 5.97 Å². The number of ether oxygens (including phenoxy) is 1. The summed E-state index contributed by atoms with van der Waals surface area (Å²) in [6.45, 7) is 4.58. The molecule has 0 saturated carbocycles. The number of piperazine rings is 1. The van der Waals surface area contributed by atoms with Gasteiger partial charge in [0, 0.05) is 49.0 Å². The number of methoxy groups -OCH3 is 1. The molecule has 1 fully saturated rings. The maximum Gasteiger partial charge on any atom is 0.306 e. The summed E-state index contributed by atoms with van der Waals surface area (Å²) >= 11 is 1.75. The van der Waals surface area contributed by atoms with Crippen molar-refractivity contribution < 1.29 is 9.53 Å². The molecule has 0 radical (unpaired) electrons. The van der Waals surface area contributed by atoms with Gasteiger partial charge in [0.05, 0.1) is 13.5 Å². The van der Waals surface area contributed by atoms with E-state index in [1.54, 1.807) is 11.3 Å². The highest BCUT2D eigenvalue weighted by Crippen LogP contribution is 2.28. The Kier molecular flexibility index (Phi) is 4.36. The second-order valence-electron chi connectivity index (χ2n) is 5.12. The smallest absolute Gasteiger partial charge is 0.306 e. The van der Waals surface area contributed by atoms with E-state index in [1.807, 2.05) is 6.20 Å². The number of hydrogen-bond donors (Lipinski definition) is 0. The standard InChI is InChI=1S/C15H19N3O2S/c1-20-14(19)3-6-17-7-9-18(10-8-17)15-12-4-11-21-13(12)2-5-16-15/h2,4-5,11H,3,6-10H2,1H3. The van der Waals surface area contributed by atoms with Crippen molar-refractivity contribution in [2.75, 3.05) is 44.7 Å². The van der Waals surface area contributed by atoms with Crippen molar-refractivity contribution in [3.05, 3.63) is 23.7 Å². The van der Waals surface area contributed by atoms with Crippen LogP contribution < -0.4 is 4.90 Å². The van der Waals surface area contributed by atoms with Crippen molar-refractivity contribution in [3.63, 3.8) is 0 Å². The molecule has 5 nitrogen and oxygen atoms in total. The number of pyridine rings is 1. The van der Waals surface area contributed by atoms with Crippen LogP contribution in [0, 0.1) is 0 Å². The number of rotatable bonds is 4. The van der Waals surface area contributed by atoms with Crippen LogP contribution in [0.2, 0.25) is 0 Å². The number of anilines is 1. The molecule has 6 heteroatoms. The van der Waals surface area contributed by atoms with Crippen LogP contribution in [0.25, 0.3) is 10.1 Å². The van der Waals surface area contributed by atoms with E-state index < -0.39 is 0 Å². The number of thiophene rings is 1. The fourth-order valence-corrected chi connectivity index (χ4v) is 3.44. The Bertz CT molecular complexity index is 620. The molecule has 0 N–H and O–H groups in total. The van der Waals surface area contributed by atoms with Gasteiger partial charge in [0.1, 0.15) is 5.82 Å². The first kappa shape index (κ1) is 14.3. The number of aromatic nitrogens is 1. The number of nitrogens with zero attached hydrogens (tertiary/aromatic N) is 3. The third kappa shape index (κ3) is 3.16. The molecular formula is C15H19N3O2S. The van der Waals surface area contributed by atoms with E-state index in [9.17, 15) is 4.79 Å². The Hall–Kier alpha value is -1.66. The van der Waals surface area contributed by atoms with Crippen LogP contribution in [0.1, 0.15) is 6.42 Å². The number of carbonyl (C=O) groups excluding carboxylic acids is 1. The summed E-state index contributed by atoms with van der Waals surface area (Å²) in [5.74, 6) is 0.948. The van der Waals surface area contributed by atoms with Crippen LogP contribution in [0.3, 0.4) is 0 Å². The lowest BCUT2D eigenvalue weighted by molar-refractivity contribution is -0.141. The summed E-state index contributed by atoms with van der Waals surface area (Å²) in [4.78, 5) is 20.4. The first-order chi connectivity index (χ1) is 10.3. The Morgan fingerprint density at radius 1 is 1.33 bits per heavy atom. The van der Waals surface area contributed by atoms with Gasteiger partial charge in [0.2, 0.25) is 0 Å². The summed E-state index contributed by atoms with van der Waals surface area (Å²) in [5, 5.41) is 3.35. The van der Waals surface area contributed by atoms with E-state index in [1.165, 1.54) is 17.2 Å². The summed E-state index contributed by atoms with van der Waals surface area (Å²) in [5.41, 5.74) is 0. The number of carbonyl (C=O) groups is 1. The minimum absolute atomic E-state index is 0.137. The fourth-order valence-electron chi connectivity index (χ4n) is 2.67. The van der Waals surface area contributed by atoms with E-state index >= 15 is 0 Å². The Morgan fingerprint density at radius 3 is 2.90 bits per heavy atom. The van der Waals surface area contributed by atoms with Crippen molar-refractivity contribution in [3.8, 4) is 0 Å². The number of hydrogen-bond acceptors (Lipinski definition) is 6. The third-order valence-electron chi connectivity index (χ3n) is 3.89. The average molecular weight is 305 g/mol. The number of fused-ring (bicyclic) bond motifs is 1. The maximum atomic E-state index is 11.2. The van der Waals surface area contributed by atoms with Gasteiger partial charge in [-0.25, -0.2) is 4.98 Å². The van der Waals surface area contributed by atoms with Gasteiger partial charge in [-0.2, -0.15) is 0 Å². The summed E-state index contributed by atoms with van der Waals surface area (Å²) in [6, 6.07) is 4.21. The normalized spacial score (nSPS) is 16.3. The molecular weight excluding hydrogens is 286 g/mol. The molecule has 0 atom stereocenters. The Morgan fingerprint density at radius 2 is 2.14 bits per heavy atom. The Balaban J connectivity index is 1.61. The van der Waals surface area contributed by atoms with E-state index in [0.717, 1.165) is 38.5 Å². The summed E-state index contributed by atoms with van der Waals surface area (Å²) in [7, 11) is 1.44. The van der Waals surface area contributed by atoms with Gasteiger partial charge in [-0.3, -0.25) is 9.69 Å². The molecule has 1 aliphatic heterocycles. The number of esters is 1. The van der Waals surface area contributed by atoms with Crippen molar-refractivity contribution in [1.82, 2.24) is 9.88 Å². The van der Waals surface area contributed by atoms with Crippen LogP contribution >= 0.6 is 11.3 Å². The minimum Gasteiger partial charge on any atom is -0.469 e. The lowest BCUT2D eigenvalue weighted by Gasteiger charge is -2.35. The van der Waals surface area contributed by atoms with Crippen LogP contribution in [0.15, 0.2) is 23.7 Å². The first-order valence-electron chi connectivity index (χ1n) is 7.14. The first-order valence-corrected chi connectivity index (χ1v) is 8.02. The van der Waals surface area contributed by atoms with Crippen molar-refractivity contribution in [1.29, 1.82) is 0 Å². The van der Waals surface area contributed by atoms with Crippen LogP contribution in [-0.4, -0.2) is 55.7 Å². The largest absolute Gasteiger partial charge is 0.469 e. The summed E-state index contributed by atoms with van der Waals surface area (Å²) in [6.07, 6.45) is 2.35. The van der Waals surface area contributed by atoms with Crippen molar-refractivity contribution in [2.24, 2.45) is 0 Å². The van der Waals surface area contributed by atoms with Gasteiger partial charge in [-0.05, 0) is 17.5 Å². The van der Waals surface area contributed by atoms with E-state index in [2.05, 4.69) is 37.0 Å². The zero-order chi connectivity index (χ0) is 14.7. The van der Waals surface area contributed by atoms with Crippen molar-refractivity contribution in [2.45, 2.75) is 6.42 Å². The second-order valence-corrected chi connectivity index (χ2v) is 6.07. The average Bonchev–Trinajstić information content (AvgIpc) is 3.01. The molecule has 0 amide bonds. The SMILES string of the molecule is COC(=O)CCN1CCN(c2nccc3sccc23)CC1. The van der Waals surface area contributed by atoms with Gasteiger partial charge < -0.3 is 9.64 Å². The topological polar surface area (TPSA) is 45.7 Å². The zero-order valence-electron chi connectivity index (χ0n) is 12.1. The third-order valence-corrected chi connectivity index (χ3v) is 4.77. The lowest BCUT2D eigenvalue weighted by Crippen LogP contribution is -2.47. The molecule has 21 heavy (non-hydrogen) atoms. The fraction of sp³-hybridized carbons (Fsp3) is 0.467. The van der Waals surface area contributed by atoms with Gasteiger partial charge in [-0.15, -0.1) is 11.3 Å². The highest BCUT2D eigenvalue weighted by atomic mass is 32.1. The maximum absolute atomic E-state index is 11.2. The van der Waals surface area contributed by atoms with Gasteiger partial charge in [0.15, 0.2) is 0 Å². The molecule has 0 aliphatic carbocycles. The van der Waals surface area contributed by atoms with Crippen LogP contribution in [0.5, 0.6) is 0 Å². The quantitative estimate of drug-likeness (QED) is 0.808. The minimum atomic E-state index is -0.137. The molecule has 1 aliphatic rings. The van der Waals surface area contributed by atoms with Gasteiger partial charge in [0.25, 0.3) is 0 Å². The van der Waals surface area contributed by atoms with E-state index in [-0.39, 0.29) is 5.97 Å². The highest BCUT2D eigenvalue weighted by molar-refractivity contribution is 7.17. The summed E-state index contributed by atoms with van der Waals surface area (Å²) < 4.78 is 5.97. The molecule has 3 rings (SSSR count). The van der Waals surface area contributed by atoms with Crippen molar-refractivity contribution >= 4 is 33.2 Å². The molecule has 2 aromatic heterocycles. The highest BCUT2D eigenvalue weighted by Gasteiger charge is 2.20. The van der Waals surface area contributed by atoms with E-state index in [0.29, 0.717) is 6.42 Å². The van der Waals surface area contributed by atoms with Gasteiger partial charge in [-0.1, -0.05) is 0 Å². The predicted octanol–water partition coefficient (Wildman–Crippen LogP) is 1.98. The molecule has 112 valence electrons. The molecule has 1 saturated heterocycles. The molecule has 0 unspecified atom stereocenters. The van der Waals surface area contributed by atoms with Crippen LogP contribution in [0.4, 0.5) is 5.82 Å². The predicted molar refractivity (Wildman–Crippen MR) is 84.9 cm³/mol. The zero-order valence-corrected chi connectivity index (χ0v) is 12.9. The molecule has 2 aromatic rings. The molecule has 3 heterocycles.